The minimum absolute atomic E-state index is 0.132. The van der Waals surface area contributed by atoms with Crippen LogP contribution in [0.1, 0.15) is 58.9 Å². The largest absolute Gasteiger partial charge is 0.484 e. The van der Waals surface area contributed by atoms with E-state index in [0.29, 0.717) is 45.5 Å². The first kappa shape index (κ1) is 26.5. The minimum atomic E-state index is -0.371. The molecule has 0 fully saturated rings. The Morgan fingerprint density at radius 2 is 2.03 bits per heavy atom. The van der Waals surface area contributed by atoms with Gasteiger partial charge >= 0.3 is 5.97 Å². The highest BCUT2D eigenvalue weighted by molar-refractivity contribution is 7.99. The average Bonchev–Trinajstić information content (AvgIpc) is 3.43. The molecule has 1 aromatic carbocycles. The standard InChI is InChI=1S/C25H29ClN4O4S2/c1-4-30-20(13-34-18-12-15(3)10-11-17(18)26)28-29-25(30)35-14-21(31)27-23-22(24(32)33-5-2)16-8-6-7-9-19(16)36-23/h10-12H,4-9,13-14H2,1-3H3,(H,27,31). The maximum absolute atomic E-state index is 12.8. The topological polar surface area (TPSA) is 95.3 Å². The number of nitrogens with zero attached hydrogens (tertiary/aromatic N) is 3. The number of aromatic nitrogens is 3. The lowest BCUT2D eigenvalue weighted by atomic mass is 9.95. The average molecular weight is 549 g/mol. The molecule has 0 unspecified atom stereocenters. The van der Waals surface area contributed by atoms with Crippen molar-refractivity contribution in [3.05, 3.63) is 50.6 Å². The number of aryl methyl sites for hydroxylation is 2. The van der Waals surface area contributed by atoms with Crippen LogP contribution in [0.5, 0.6) is 5.75 Å². The number of hydrogen-bond donors (Lipinski definition) is 1. The summed E-state index contributed by atoms with van der Waals surface area (Å²) in [7, 11) is 0. The number of fused-ring (bicyclic) bond motifs is 1. The second kappa shape index (κ2) is 12.1. The zero-order chi connectivity index (χ0) is 25.7. The lowest BCUT2D eigenvalue weighted by molar-refractivity contribution is -0.113. The molecule has 0 saturated heterocycles. The lowest BCUT2D eigenvalue weighted by Crippen LogP contribution is -2.17. The number of carbonyl (C=O) groups excluding carboxylic acids is 2. The molecule has 1 amide bonds. The Morgan fingerprint density at radius 3 is 2.81 bits per heavy atom. The third-order valence-electron chi connectivity index (χ3n) is 5.79. The van der Waals surface area contributed by atoms with Gasteiger partial charge in [0.05, 0.1) is 22.9 Å². The van der Waals surface area contributed by atoms with E-state index in [1.807, 2.05) is 30.5 Å². The molecule has 2 aromatic heterocycles. The lowest BCUT2D eigenvalue weighted by Gasteiger charge is -2.12. The summed E-state index contributed by atoms with van der Waals surface area (Å²) in [5.74, 6) is 0.789. The second-order valence-electron chi connectivity index (χ2n) is 8.34. The number of ether oxygens (including phenoxy) is 2. The Kier molecular flexibility index (Phi) is 8.92. The van der Waals surface area contributed by atoms with Crippen LogP contribution in [0.25, 0.3) is 0 Å². The van der Waals surface area contributed by atoms with Crippen molar-refractivity contribution < 1.29 is 19.1 Å². The molecule has 0 saturated carbocycles. The smallest absolute Gasteiger partial charge is 0.341 e. The highest BCUT2D eigenvalue weighted by atomic mass is 35.5. The number of thiophene rings is 1. The number of amides is 1. The van der Waals surface area contributed by atoms with Crippen molar-refractivity contribution >= 4 is 51.6 Å². The van der Waals surface area contributed by atoms with E-state index in [0.717, 1.165) is 41.7 Å². The quantitative estimate of drug-likeness (QED) is 0.257. The van der Waals surface area contributed by atoms with E-state index in [9.17, 15) is 9.59 Å². The molecule has 0 spiro atoms. The molecule has 11 heteroatoms. The molecule has 2 heterocycles. The van der Waals surface area contributed by atoms with Crippen LogP contribution in [0.15, 0.2) is 23.4 Å². The SMILES string of the molecule is CCOC(=O)c1c(NC(=O)CSc2nnc(COc3cc(C)ccc3Cl)n2CC)sc2c1CCCC2. The van der Waals surface area contributed by atoms with Crippen LogP contribution in [0.3, 0.4) is 0 Å². The van der Waals surface area contributed by atoms with Crippen molar-refractivity contribution in [3.63, 3.8) is 0 Å². The third-order valence-corrected chi connectivity index (χ3v) is 8.28. The zero-order valence-electron chi connectivity index (χ0n) is 20.6. The molecular weight excluding hydrogens is 520 g/mol. The Balaban J connectivity index is 1.41. The van der Waals surface area contributed by atoms with Gasteiger partial charge in [0.1, 0.15) is 17.4 Å². The van der Waals surface area contributed by atoms with Crippen molar-refractivity contribution in [3.8, 4) is 5.75 Å². The molecule has 0 radical (unpaired) electrons. The van der Waals surface area contributed by atoms with Gasteiger partial charge in [0.2, 0.25) is 5.91 Å². The molecule has 0 bridgehead atoms. The molecule has 4 rings (SSSR count). The van der Waals surface area contributed by atoms with Crippen molar-refractivity contribution in [1.29, 1.82) is 0 Å². The number of rotatable bonds is 10. The van der Waals surface area contributed by atoms with Crippen molar-refractivity contribution in [2.24, 2.45) is 0 Å². The zero-order valence-corrected chi connectivity index (χ0v) is 22.9. The minimum Gasteiger partial charge on any atom is -0.484 e. The molecular formula is C25H29ClN4O4S2. The number of benzene rings is 1. The summed E-state index contributed by atoms with van der Waals surface area (Å²) in [4.78, 5) is 26.6. The van der Waals surface area contributed by atoms with E-state index >= 15 is 0 Å². The number of hydrogen-bond acceptors (Lipinski definition) is 8. The Hall–Kier alpha value is -2.56. The van der Waals surface area contributed by atoms with Crippen LogP contribution in [-0.2, 0) is 35.5 Å². The molecule has 1 aliphatic rings. The van der Waals surface area contributed by atoms with Crippen LogP contribution in [0.4, 0.5) is 5.00 Å². The Morgan fingerprint density at radius 1 is 1.22 bits per heavy atom. The second-order valence-corrected chi connectivity index (χ2v) is 10.8. The summed E-state index contributed by atoms with van der Waals surface area (Å²) >= 11 is 9.00. The van der Waals surface area contributed by atoms with Gasteiger partial charge in [-0.3, -0.25) is 4.79 Å². The number of anilines is 1. The molecule has 1 aliphatic carbocycles. The summed E-state index contributed by atoms with van der Waals surface area (Å²) in [6.07, 6.45) is 3.89. The van der Waals surface area contributed by atoms with Crippen LogP contribution < -0.4 is 10.1 Å². The fourth-order valence-electron chi connectivity index (χ4n) is 4.08. The first-order chi connectivity index (χ1) is 17.4. The number of nitrogens with one attached hydrogen (secondary N) is 1. The molecule has 3 aromatic rings. The summed E-state index contributed by atoms with van der Waals surface area (Å²) in [6.45, 7) is 6.87. The number of thioether (sulfide) groups is 1. The predicted octanol–water partition coefficient (Wildman–Crippen LogP) is 5.69. The van der Waals surface area contributed by atoms with Crippen LogP contribution in [0, 0.1) is 6.92 Å². The van der Waals surface area contributed by atoms with Crippen molar-refractivity contribution in [1.82, 2.24) is 14.8 Å². The van der Waals surface area contributed by atoms with Gasteiger partial charge in [-0.15, -0.1) is 21.5 Å². The van der Waals surface area contributed by atoms with Gasteiger partial charge in [-0.25, -0.2) is 4.79 Å². The Bertz CT molecular complexity index is 1260. The van der Waals surface area contributed by atoms with Gasteiger partial charge in [0.15, 0.2) is 11.0 Å². The summed E-state index contributed by atoms with van der Waals surface area (Å²) in [5, 5.41) is 13.2. The van der Waals surface area contributed by atoms with E-state index in [4.69, 9.17) is 21.1 Å². The van der Waals surface area contributed by atoms with E-state index in [1.165, 1.54) is 23.1 Å². The number of carbonyl (C=O) groups is 2. The van der Waals surface area contributed by atoms with Crippen LogP contribution in [-0.4, -0.2) is 39.0 Å². The maximum atomic E-state index is 12.8. The van der Waals surface area contributed by atoms with Gasteiger partial charge in [0, 0.05) is 11.4 Å². The number of halogens is 1. The summed E-state index contributed by atoms with van der Waals surface area (Å²) in [6, 6.07) is 5.60. The predicted molar refractivity (Wildman–Crippen MR) is 142 cm³/mol. The molecule has 36 heavy (non-hydrogen) atoms. The molecule has 0 aliphatic heterocycles. The Labute approximate surface area is 223 Å². The first-order valence-electron chi connectivity index (χ1n) is 12.0. The van der Waals surface area contributed by atoms with Crippen molar-refractivity contribution in [2.45, 2.75) is 64.8 Å². The fourth-order valence-corrected chi connectivity index (χ4v) is 6.37. The van der Waals surface area contributed by atoms with E-state index in [2.05, 4.69) is 15.5 Å². The fraction of sp³-hybridized carbons (Fsp3) is 0.440. The van der Waals surface area contributed by atoms with E-state index < -0.39 is 0 Å². The third kappa shape index (κ3) is 6.04. The molecule has 1 N–H and O–H groups in total. The molecule has 0 atom stereocenters. The molecule has 8 nitrogen and oxygen atoms in total. The highest BCUT2D eigenvalue weighted by Gasteiger charge is 2.27. The normalized spacial score (nSPS) is 12.8. The van der Waals surface area contributed by atoms with Gasteiger partial charge in [-0.2, -0.15) is 0 Å². The van der Waals surface area contributed by atoms with Crippen LogP contribution >= 0.6 is 34.7 Å². The summed E-state index contributed by atoms with van der Waals surface area (Å²) in [5.41, 5.74) is 2.59. The number of esters is 1. The van der Waals surface area contributed by atoms with E-state index in [1.54, 1.807) is 13.0 Å². The van der Waals surface area contributed by atoms with E-state index in [-0.39, 0.29) is 24.2 Å². The van der Waals surface area contributed by atoms with Gasteiger partial charge < -0.3 is 19.4 Å². The highest BCUT2D eigenvalue weighted by Crippen LogP contribution is 2.38. The van der Waals surface area contributed by atoms with Crippen molar-refractivity contribution in [2.75, 3.05) is 17.7 Å². The maximum Gasteiger partial charge on any atom is 0.341 e. The summed E-state index contributed by atoms with van der Waals surface area (Å²) < 4.78 is 13.1. The van der Waals surface area contributed by atoms with Gasteiger partial charge in [0.25, 0.3) is 0 Å². The van der Waals surface area contributed by atoms with Crippen LogP contribution in [0.2, 0.25) is 5.02 Å². The first-order valence-corrected chi connectivity index (χ1v) is 14.1. The van der Waals surface area contributed by atoms with Gasteiger partial charge in [-0.05, 0) is 69.7 Å². The van der Waals surface area contributed by atoms with Gasteiger partial charge in [-0.1, -0.05) is 29.4 Å². The monoisotopic (exact) mass is 548 g/mol. The molecule has 192 valence electrons.